The van der Waals surface area contributed by atoms with Crippen LogP contribution in [0.25, 0.3) is 0 Å². The summed E-state index contributed by atoms with van der Waals surface area (Å²) >= 11 is 0. The molecule has 1 atom stereocenters. The summed E-state index contributed by atoms with van der Waals surface area (Å²) in [7, 11) is 0. The van der Waals surface area contributed by atoms with E-state index in [-0.39, 0.29) is 0 Å². The van der Waals surface area contributed by atoms with Gasteiger partial charge < -0.3 is 15.4 Å². The summed E-state index contributed by atoms with van der Waals surface area (Å²) in [5.41, 5.74) is 0. The van der Waals surface area contributed by atoms with Crippen molar-refractivity contribution in [1.82, 2.24) is 15.5 Å². The zero-order valence-electron chi connectivity index (χ0n) is 15.1. The molecule has 1 saturated heterocycles. The van der Waals surface area contributed by atoms with Gasteiger partial charge in [-0.05, 0) is 52.1 Å². The van der Waals surface area contributed by atoms with E-state index >= 15 is 0 Å². The molecule has 0 aromatic carbocycles. The Hall–Kier alpha value is -0.810. The summed E-state index contributed by atoms with van der Waals surface area (Å²) in [6.45, 7) is 10.4. The average molecular weight is 325 g/mol. The van der Waals surface area contributed by atoms with E-state index in [9.17, 15) is 0 Å². The monoisotopic (exact) mass is 324 g/mol. The Morgan fingerprint density at radius 1 is 1.13 bits per heavy atom. The molecule has 1 aliphatic heterocycles. The summed E-state index contributed by atoms with van der Waals surface area (Å²) in [5, 5.41) is 6.79. The summed E-state index contributed by atoms with van der Waals surface area (Å²) in [5.74, 6) is 0.955. The fourth-order valence-electron chi connectivity index (χ4n) is 3.64. The van der Waals surface area contributed by atoms with Gasteiger partial charge in [-0.15, -0.1) is 0 Å². The zero-order chi connectivity index (χ0) is 16.3. The van der Waals surface area contributed by atoms with Crippen molar-refractivity contribution in [3.8, 4) is 0 Å². The minimum Gasteiger partial charge on any atom is -0.378 e. The van der Waals surface area contributed by atoms with Gasteiger partial charge in [-0.2, -0.15) is 0 Å². The van der Waals surface area contributed by atoms with Crippen molar-refractivity contribution < 1.29 is 4.74 Å². The fourth-order valence-corrected chi connectivity index (χ4v) is 3.64. The molecule has 0 radical (unpaired) electrons. The molecular weight excluding hydrogens is 288 g/mol. The molecular formula is C18H36N4O. The van der Waals surface area contributed by atoms with Gasteiger partial charge in [0.05, 0.1) is 12.6 Å². The number of guanidine groups is 1. The first-order valence-electron chi connectivity index (χ1n) is 9.71. The lowest BCUT2D eigenvalue weighted by atomic mass is 10.2. The predicted octanol–water partition coefficient (Wildman–Crippen LogP) is 2.38. The first kappa shape index (κ1) is 18.5. The van der Waals surface area contributed by atoms with Gasteiger partial charge in [-0.1, -0.05) is 19.8 Å². The molecule has 134 valence electrons. The average Bonchev–Trinajstić information content (AvgIpc) is 3.23. The van der Waals surface area contributed by atoms with Crippen molar-refractivity contribution >= 4 is 5.96 Å². The van der Waals surface area contributed by atoms with E-state index in [0.717, 1.165) is 45.2 Å². The Kier molecular flexibility index (Phi) is 8.76. The lowest BCUT2D eigenvalue weighted by molar-refractivity contribution is 0.0574. The molecule has 1 unspecified atom stereocenters. The maximum atomic E-state index is 5.91. The van der Waals surface area contributed by atoms with Crippen molar-refractivity contribution in [2.75, 3.05) is 39.3 Å². The summed E-state index contributed by atoms with van der Waals surface area (Å²) in [6.07, 6.45) is 9.37. The number of likely N-dealkylation sites (N-methyl/N-ethyl adjacent to an activating group) is 1. The van der Waals surface area contributed by atoms with E-state index in [0.29, 0.717) is 12.1 Å². The van der Waals surface area contributed by atoms with E-state index in [1.807, 2.05) is 0 Å². The first-order chi connectivity index (χ1) is 11.3. The normalized spacial score (nSPS) is 23.6. The van der Waals surface area contributed by atoms with Crippen LogP contribution in [0.4, 0.5) is 0 Å². The van der Waals surface area contributed by atoms with E-state index in [1.165, 1.54) is 45.1 Å². The van der Waals surface area contributed by atoms with Gasteiger partial charge in [-0.25, -0.2) is 0 Å². The van der Waals surface area contributed by atoms with Gasteiger partial charge in [0.1, 0.15) is 0 Å². The molecule has 1 heterocycles. The highest BCUT2D eigenvalue weighted by molar-refractivity contribution is 5.79. The maximum absolute atomic E-state index is 5.91. The summed E-state index contributed by atoms with van der Waals surface area (Å²) < 4.78 is 5.91. The topological polar surface area (TPSA) is 48.9 Å². The van der Waals surface area contributed by atoms with Crippen molar-refractivity contribution in [2.45, 2.75) is 70.9 Å². The highest BCUT2D eigenvalue weighted by Gasteiger charge is 2.22. The van der Waals surface area contributed by atoms with Crippen LogP contribution in [0.3, 0.4) is 0 Å². The van der Waals surface area contributed by atoms with Gasteiger partial charge in [0.15, 0.2) is 5.96 Å². The molecule has 5 nitrogen and oxygen atoms in total. The number of aliphatic imine (C=N–C) groups is 1. The lowest BCUT2D eigenvalue weighted by Crippen LogP contribution is -2.39. The van der Waals surface area contributed by atoms with Gasteiger partial charge in [0.25, 0.3) is 0 Å². The van der Waals surface area contributed by atoms with E-state index in [1.54, 1.807) is 0 Å². The Balaban J connectivity index is 1.62. The van der Waals surface area contributed by atoms with Gasteiger partial charge >= 0.3 is 0 Å². The van der Waals surface area contributed by atoms with E-state index in [2.05, 4.69) is 29.4 Å². The second kappa shape index (κ2) is 10.9. The minimum atomic E-state index is 0.527. The standard InChI is InChI=1S/C18H36N4O/c1-3-19-18(21-15-16-9-7-13-22(16)4-2)20-12-8-14-23-17-10-5-6-11-17/h16-17H,3-15H2,1-2H3,(H2,19,20,21). The van der Waals surface area contributed by atoms with E-state index in [4.69, 9.17) is 9.73 Å². The first-order valence-corrected chi connectivity index (χ1v) is 9.71. The van der Waals surface area contributed by atoms with Gasteiger partial charge in [-0.3, -0.25) is 9.89 Å². The third-order valence-electron chi connectivity index (χ3n) is 4.98. The van der Waals surface area contributed by atoms with Crippen LogP contribution in [0.15, 0.2) is 4.99 Å². The molecule has 23 heavy (non-hydrogen) atoms. The largest absolute Gasteiger partial charge is 0.378 e. The number of nitrogens with one attached hydrogen (secondary N) is 2. The Morgan fingerprint density at radius 3 is 2.70 bits per heavy atom. The molecule has 5 heteroatoms. The molecule has 1 aliphatic carbocycles. The Morgan fingerprint density at radius 2 is 1.96 bits per heavy atom. The van der Waals surface area contributed by atoms with Crippen LogP contribution in [0.2, 0.25) is 0 Å². The number of hydrogen-bond acceptors (Lipinski definition) is 3. The fraction of sp³-hybridized carbons (Fsp3) is 0.944. The van der Waals surface area contributed by atoms with Crippen LogP contribution in [-0.4, -0.2) is 62.3 Å². The van der Waals surface area contributed by atoms with Crippen LogP contribution in [0, 0.1) is 0 Å². The number of ether oxygens (including phenoxy) is 1. The summed E-state index contributed by atoms with van der Waals surface area (Å²) in [6, 6.07) is 0.626. The molecule has 0 bridgehead atoms. The van der Waals surface area contributed by atoms with Crippen molar-refractivity contribution in [1.29, 1.82) is 0 Å². The molecule has 2 rings (SSSR count). The predicted molar refractivity (Wildman–Crippen MR) is 97.1 cm³/mol. The van der Waals surface area contributed by atoms with Crippen molar-refractivity contribution in [3.63, 3.8) is 0 Å². The SMILES string of the molecule is CCNC(=NCC1CCCN1CC)NCCCOC1CCCC1. The minimum absolute atomic E-state index is 0.527. The van der Waals surface area contributed by atoms with E-state index < -0.39 is 0 Å². The smallest absolute Gasteiger partial charge is 0.191 e. The van der Waals surface area contributed by atoms with Crippen molar-refractivity contribution in [2.24, 2.45) is 4.99 Å². The third kappa shape index (κ3) is 6.68. The zero-order valence-corrected chi connectivity index (χ0v) is 15.1. The molecule has 0 aromatic rings. The van der Waals surface area contributed by atoms with Crippen LogP contribution >= 0.6 is 0 Å². The van der Waals surface area contributed by atoms with Crippen molar-refractivity contribution in [3.05, 3.63) is 0 Å². The van der Waals surface area contributed by atoms with Gasteiger partial charge in [0.2, 0.25) is 0 Å². The van der Waals surface area contributed by atoms with Crippen LogP contribution < -0.4 is 10.6 Å². The summed E-state index contributed by atoms with van der Waals surface area (Å²) in [4.78, 5) is 7.32. The number of likely N-dealkylation sites (tertiary alicyclic amines) is 1. The van der Waals surface area contributed by atoms with Crippen LogP contribution in [0.5, 0.6) is 0 Å². The Bertz CT molecular complexity index is 342. The molecule has 2 aliphatic rings. The number of hydrogen-bond donors (Lipinski definition) is 2. The second-order valence-corrected chi connectivity index (χ2v) is 6.70. The molecule has 0 spiro atoms. The van der Waals surface area contributed by atoms with Crippen LogP contribution in [-0.2, 0) is 4.74 Å². The third-order valence-corrected chi connectivity index (χ3v) is 4.98. The van der Waals surface area contributed by atoms with Crippen LogP contribution in [0.1, 0.15) is 58.8 Å². The highest BCUT2D eigenvalue weighted by Crippen LogP contribution is 2.20. The lowest BCUT2D eigenvalue weighted by Gasteiger charge is -2.21. The molecule has 2 N–H and O–H groups in total. The number of nitrogens with zero attached hydrogens (tertiary/aromatic N) is 2. The molecule has 1 saturated carbocycles. The highest BCUT2D eigenvalue weighted by atomic mass is 16.5. The number of rotatable bonds is 9. The second-order valence-electron chi connectivity index (χ2n) is 6.70. The maximum Gasteiger partial charge on any atom is 0.191 e. The molecule has 0 amide bonds. The molecule has 0 aromatic heterocycles. The van der Waals surface area contributed by atoms with Gasteiger partial charge in [0, 0.05) is 25.7 Å². The quantitative estimate of drug-likeness (QED) is 0.388. The molecule has 2 fully saturated rings. The Labute approximate surface area is 142 Å².